The highest BCUT2D eigenvalue weighted by molar-refractivity contribution is 7.18. The van der Waals surface area contributed by atoms with Crippen molar-refractivity contribution in [1.29, 1.82) is 0 Å². The first-order chi connectivity index (χ1) is 11.6. The minimum Gasteiger partial charge on any atom is -0.352 e. The number of thiophene rings is 1. The third-order valence-electron chi connectivity index (χ3n) is 5.17. The quantitative estimate of drug-likeness (QED) is 0.797. The number of likely N-dealkylation sites (tertiary alicyclic amines) is 1. The van der Waals surface area contributed by atoms with E-state index in [1.54, 1.807) is 17.7 Å². The predicted octanol–water partition coefficient (Wildman–Crippen LogP) is 2.65. The zero-order valence-corrected chi connectivity index (χ0v) is 15.1. The zero-order chi connectivity index (χ0) is 16.7. The number of carbonyl (C=O) groups is 1. The van der Waals surface area contributed by atoms with Crippen molar-refractivity contribution >= 4 is 33.4 Å². The van der Waals surface area contributed by atoms with Gasteiger partial charge in [-0.1, -0.05) is 0 Å². The molecule has 6 nitrogen and oxygen atoms in total. The van der Waals surface area contributed by atoms with Gasteiger partial charge in [0.2, 0.25) is 0 Å². The van der Waals surface area contributed by atoms with Crippen LogP contribution in [0.2, 0.25) is 0 Å². The maximum absolute atomic E-state index is 12.5. The van der Waals surface area contributed by atoms with Crippen LogP contribution in [0.25, 0.3) is 10.2 Å². The lowest BCUT2D eigenvalue weighted by Gasteiger charge is -2.37. The lowest BCUT2D eigenvalue weighted by Crippen LogP contribution is -2.52. The first kappa shape index (κ1) is 15.6. The van der Waals surface area contributed by atoms with E-state index in [9.17, 15) is 4.79 Å². The summed E-state index contributed by atoms with van der Waals surface area (Å²) in [6, 6.07) is 0.211. The summed E-state index contributed by atoms with van der Waals surface area (Å²) in [4.78, 5) is 30.2. The molecule has 4 rings (SSSR count). The minimum atomic E-state index is 0.211. The van der Waals surface area contributed by atoms with E-state index in [1.165, 1.54) is 15.8 Å². The first-order valence-electron chi connectivity index (χ1n) is 8.64. The normalized spacial score (nSPS) is 18.7. The molecule has 2 amide bonds. The molecule has 0 bridgehead atoms. The van der Waals surface area contributed by atoms with E-state index in [0.29, 0.717) is 0 Å². The van der Waals surface area contributed by atoms with Crippen LogP contribution in [0.4, 0.5) is 10.6 Å². The van der Waals surface area contributed by atoms with Crippen molar-refractivity contribution in [2.24, 2.45) is 0 Å². The second-order valence-corrected chi connectivity index (χ2v) is 7.81. The van der Waals surface area contributed by atoms with E-state index < -0.39 is 0 Å². The van der Waals surface area contributed by atoms with Crippen LogP contribution in [-0.4, -0.2) is 65.1 Å². The van der Waals surface area contributed by atoms with Crippen LogP contribution >= 0.6 is 11.3 Å². The summed E-state index contributed by atoms with van der Waals surface area (Å²) in [7, 11) is 0. The van der Waals surface area contributed by atoms with Crippen molar-refractivity contribution in [3.05, 3.63) is 16.8 Å². The lowest BCUT2D eigenvalue weighted by atomic mass is 10.2. The Hall–Kier alpha value is -1.89. The van der Waals surface area contributed by atoms with Gasteiger partial charge < -0.3 is 14.7 Å². The summed E-state index contributed by atoms with van der Waals surface area (Å²) in [5.41, 5.74) is 1.28. The zero-order valence-electron chi connectivity index (χ0n) is 14.3. The fraction of sp³-hybridized carbons (Fsp3) is 0.588. The van der Waals surface area contributed by atoms with Crippen molar-refractivity contribution in [2.45, 2.75) is 26.7 Å². The van der Waals surface area contributed by atoms with E-state index in [4.69, 9.17) is 0 Å². The van der Waals surface area contributed by atoms with Gasteiger partial charge >= 0.3 is 6.03 Å². The Bertz CT molecular complexity index is 760. The van der Waals surface area contributed by atoms with Gasteiger partial charge in [0.1, 0.15) is 17.0 Å². The van der Waals surface area contributed by atoms with Crippen LogP contribution in [0.15, 0.2) is 6.33 Å². The van der Waals surface area contributed by atoms with Gasteiger partial charge in [-0.3, -0.25) is 0 Å². The van der Waals surface area contributed by atoms with Crippen molar-refractivity contribution in [1.82, 2.24) is 19.8 Å². The highest BCUT2D eigenvalue weighted by Crippen LogP contribution is 2.34. The molecule has 7 heteroatoms. The van der Waals surface area contributed by atoms with E-state index in [0.717, 1.165) is 62.8 Å². The van der Waals surface area contributed by atoms with Gasteiger partial charge in [-0.2, -0.15) is 0 Å². The van der Waals surface area contributed by atoms with Gasteiger partial charge in [0.05, 0.1) is 5.39 Å². The van der Waals surface area contributed by atoms with Crippen LogP contribution in [0.5, 0.6) is 0 Å². The molecule has 0 N–H and O–H groups in total. The van der Waals surface area contributed by atoms with Crippen LogP contribution in [0.1, 0.15) is 23.3 Å². The molecule has 24 heavy (non-hydrogen) atoms. The molecule has 0 aromatic carbocycles. The number of nitrogens with zero attached hydrogens (tertiary/aromatic N) is 5. The molecule has 0 spiro atoms. The number of rotatable bonds is 1. The number of anilines is 1. The number of amides is 2. The molecule has 0 atom stereocenters. The summed E-state index contributed by atoms with van der Waals surface area (Å²) >= 11 is 1.73. The monoisotopic (exact) mass is 345 g/mol. The Kier molecular flexibility index (Phi) is 4.04. The molecule has 2 fully saturated rings. The predicted molar refractivity (Wildman–Crippen MR) is 96.9 cm³/mol. The number of fused-ring (bicyclic) bond motifs is 1. The number of piperazine rings is 1. The second kappa shape index (κ2) is 6.20. The van der Waals surface area contributed by atoms with Gasteiger partial charge in [0, 0.05) is 44.1 Å². The van der Waals surface area contributed by atoms with Gasteiger partial charge in [-0.25, -0.2) is 14.8 Å². The lowest BCUT2D eigenvalue weighted by molar-refractivity contribution is 0.159. The van der Waals surface area contributed by atoms with Crippen LogP contribution in [-0.2, 0) is 0 Å². The van der Waals surface area contributed by atoms with Crippen LogP contribution in [0.3, 0.4) is 0 Å². The number of aryl methyl sites for hydroxylation is 2. The number of aromatic nitrogens is 2. The molecule has 128 valence electrons. The Morgan fingerprint density at radius 2 is 1.67 bits per heavy atom. The first-order valence-corrected chi connectivity index (χ1v) is 9.46. The standard InChI is InChI=1S/C17H23N5OS/c1-12-13(2)24-16-14(12)15(18-11-19-16)20-7-9-22(10-8-20)17(23)21-5-3-4-6-21/h11H,3-10H2,1-2H3. The maximum atomic E-state index is 12.5. The molecule has 2 aromatic rings. The van der Waals surface area contributed by atoms with Crippen molar-refractivity contribution in [3.8, 4) is 0 Å². The number of hydrogen-bond donors (Lipinski definition) is 0. The van der Waals surface area contributed by atoms with Gasteiger partial charge in [0.25, 0.3) is 0 Å². The molecule has 0 unspecified atom stereocenters. The van der Waals surface area contributed by atoms with Crippen molar-refractivity contribution < 1.29 is 4.79 Å². The third-order valence-corrected chi connectivity index (χ3v) is 6.29. The SMILES string of the molecule is Cc1sc2ncnc(N3CCN(C(=O)N4CCCC4)CC3)c2c1C. The van der Waals surface area contributed by atoms with Crippen LogP contribution in [0, 0.1) is 13.8 Å². The van der Waals surface area contributed by atoms with Crippen molar-refractivity contribution in [2.75, 3.05) is 44.2 Å². The summed E-state index contributed by atoms with van der Waals surface area (Å²) in [5, 5.41) is 1.18. The van der Waals surface area contributed by atoms with Crippen molar-refractivity contribution in [3.63, 3.8) is 0 Å². The Labute approximate surface area is 146 Å². The fourth-order valence-corrected chi connectivity index (χ4v) is 4.61. The number of urea groups is 1. The van der Waals surface area contributed by atoms with Crippen LogP contribution < -0.4 is 4.90 Å². The molecule has 2 aliphatic rings. The molecular formula is C17H23N5OS. The molecule has 2 saturated heterocycles. The Morgan fingerprint density at radius 3 is 2.38 bits per heavy atom. The third kappa shape index (κ3) is 2.60. The topological polar surface area (TPSA) is 52.6 Å². The molecular weight excluding hydrogens is 322 g/mol. The highest BCUT2D eigenvalue weighted by atomic mass is 32.1. The van der Waals surface area contributed by atoms with Gasteiger partial charge in [-0.15, -0.1) is 11.3 Å². The second-order valence-electron chi connectivity index (χ2n) is 6.61. The van der Waals surface area contributed by atoms with Gasteiger partial charge in [-0.05, 0) is 32.3 Å². The summed E-state index contributed by atoms with van der Waals surface area (Å²) in [6.45, 7) is 9.32. The minimum absolute atomic E-state index is 0.211. The maximum Gasteiger partial charge on any atom is 0.320 e. The van der Waals surface area contributed by atoms with E-state index >= 15 is 0 Å². The van der Waals surface area contributed by atoms with Gasteiger partial charge in [0.15, 0.2) is 0 Å². The average Bonchev–Trinajstić information content (AvgIpc) is 3.24. The summed E-state index contributed by atoms with van der Waals surface area (Å²) in [5.74, 6) is 1.02. The Balaban J connectivity index is 1.51. The van der Waals surface area contributed by atoms with E-state index in [1.807, 2.05) is 9.80 Å². The summed E-state index contributed by atoms with van der Waals surface area (Å²) in [6.07, 6.45) is 3.94. The average molecular weight is 345 g/mol. The smallest absolute Gasteiger partial charge is 0.320 e. The largest absolute Gasteiger partial charge is 0.352 e. The molecule has 0 saturated carbocycles. The number of hydrogen-bond acceptors (Lipinski definition) is 5. The van der Waals surface area contributed by atoms with E-state index in [-0.39, 0.29) is 6.03 Å². The fourth-order valence-electron chi connectivity index (χ4n) is 3.62. The molecule has 2 aliphatic heterocycles. The van der Waals surface area contributed by atoms with E-state index in [2.05, 4.69) is 28.7 Å². The highest BCUT2D eigenvalue weighted by Gasteiger charge is 2.28. The summed E-state index contributed by atoms with van der Waals surface area (Å²) < 4.78 is 0. The Morgan fingerprint density at radius 1 is 1.00 bits per heavy atom. The molecule has 4 heterocycles. The number of carbonyl (C=O) groups excluding carboxylic acids is 1. The molecule has 0 radical (unpaired) electrons. The molecule has 2 aromatic heterocycles. The molecule has 0 aliphatic carbocycles.